The zero-order valence-corrected chi connectivity index (χ0v) is 12.3. The molecule has 0 radical (unpaired) electrons. The molecule has 0 spiro atoms. The fraction of sp³-hybridized carbons (Fsp3) is 0.846. The van der Waals surface area contributed by atoms with Crippen LogP contribution in [0.3, 0.4) is 0 Å². The highest BCUT2D eigenvalue weighted by Crippen LogP contribution is 2.24. The van der Waals surface area contributed by atoms with E-state index in [1.165, 1.54) is 0 Å². The van der Waals surface area contributed by atoms with Crippen LogP contribution >= 0.6 is 11.8 Å². The maximum absolute atomic E-state index is 12.5. The van der Waals surface area contributed by atoms with Gasteiger partial charge in [-0.3, -0.25) is 9.59 Å². The lowest BCUT2D eigenvalue weighted by atomic mass is 10.2. The van der Waals surface area contributed by atoms with Crippen LogP contribution in [0.1, 0.15) is 26.2 Å². The molecule has 19 heavy (non-hydrogen) atoms. The number of unbranched alkanes of at least 4 members (excludes halogenated alkanes) is 1. The molecule has 108 valence electrons. The highest BCUT2D eigenvalue weighted by Gasteiger charge is 2.36. The summed E-state index contributed by atoms with van der Waals surface area (Å²) in [7, 11) is 0. The normalized spacial score (nSPS) is 23.7. The molecule has 0 aromatic rings. The Morgan fingerprint density at radius 3 is 2.74 bits per heavy atom. The van der Waals surface area contributed by atoms with Crippen molar-refractivity contribution in [3.8, 4) is 0 Å². The molecule has 1 unspecified atom stereocenters. The fourth-order valence-electron chi connectivity index (χ4n) is 2.36. The van der Waals surface area contributed by atoms with Gasteiger partial charge in [-0.2, -0.15) is 0 Å². The second kappa shape index (κ2) is 7.14. The smallest absolute Gasteiger partial charge is 0.246 e. The molecule has 0 saturated carbocycles. The van der Waals surface area contributed by atoms with Crippen molar-refractivity contribution in [2.75, 3.05) is 37.9 Å². The zero-order chi connectivity index (χ0) is 13.7. The Hall–Kier alpha value is -0.750. The Kier molecular flexibility index (Phi) is 5.51. The van der Waals surface area contributed by atoms with E-state index >= 15 is 0 Å². The molecule has 5 nitrogen and oxygen atoms in total. The number of rotatable bonds is 4. The summed E-state index contributed by atoms with van der Waals surface area (Å²) >= 11 is 1.67. The minimum Gasteiger partial charge on any atom is -0.378 e. The molecular weight excluding hydrogens is 264 g/mol. The topological polar surface area (TPSA) is 49.9 Å². The molecule has 1 atom stereocenters. The van der Waals surface area contributed by atoms with Gasteiger partial charge < -0.3 is 14.5 Å². The number of carbonyl (C=O) groups excluding carboxylic acids is 2. The number of ether oxygens (including phenoxy) is 1. The van der Waals surface area contributed by atoms with Gasteiger partial charge in [0.05, 0.1) is 19.1 Å². The molecule has 2 fully saturated rings. The van der Waals surface area contributed by atoms with Crippen LogP contribution in [0.25, 0.3) is 0 Å². The molecule has 0 bridgehead atoms. The summed E-state index contributed by atoms with van der Waals surface area (Å²) in [6.07, 6.45) is 2.47. The van der Waals surface area contributed by atoms with Crippen LogP contribution in [0.5, 0.6) is 0 Å². The molecule has 0 N–H and O–H groups in total. The molecule has 6 heteroatoms. The molecule has 0 aromatic heterocycles. The van der Waals surface area contributed by atoms with Crippen LogP contribution in [-0.2, 0) is 14.3 Å². The van der Waals surface area contributed by atoms with Gasteiger partial charge in [0.25, 0.3) is 0 Å². The Balaban J connectivity index is 1.93. The van der Waals surface area contributed by atoms with Gasteiger partial charge in [-0.05, 0) is 6.42 Å². The van der Waals surface area contributed by atoms with E-state index in [1.54, 1.807) is 16.7 Å². The van der Waals surface area contributed by atoms with Crippen molar-refractivity contribution in [3.63, 3.8) is 0 Å². The summed E-state index contributed by atoms with van der Waals surface area (Å²) in [4.78, 5) is 28.2. The van der Waals surface area contributed by atoms with Gasteiger partial charge in [0.15, 0.2) is 0 Å². The number of nitrogens with zero attached hydrogens (tertiary/aromatic N) is 2. The standard InChI is InChI=1S/C13H22N2O3S/c1-2-3-4-12(16)15-10-19-9-11(15)13(17)14-5-7-18-8-6-14/h11H,2-10H2,1H3. The first-order valence-corrected chi connectivity index (χ1v) is 8.13. The SMILES string of the molecule is CCCCC(=O)N1CSCC1C(=O)N1CCOCC1. The quantitative estimate of drug-likeness (QED) is 0.772. The van der Waals surface area contributed by atoms with Crippen LogP contribution < -0.4 is 0 Å². The van der Waals surface area contributed by atoms with Crippen molar-refractivity contribution in [2.24, 2.45) is 0 Å². The van der Waals surface area contributed by atoms with Crippen molar-refractivity contribution in [1.82, 2.24) is 9.80 Å². The average molecular weight is 286 g/mol. The Morgan fingerprint density at radius 1 is 1.32 bits per heavy atom. The Morgan fingerprint density at radius 2 is 2.05 bits per heavy atom. The van der Waals surface area contributed by atoms with E-state index in [0.717, 1.165) is 18.6 Å². The third-order valence-corrected chi connectivity index (χ3v) is 4.57. The molecule has 0 aliphatic carbocycles. The highest BCUT2D eigenvalue weighted by atomic mass is 32.2. The van der Waals surface area contributed by atoms with Gasteiger partial charge in [0.2, 0.25) is 11.8 Å². The molecule has 2 saturated heterocycles. The van der Waals surface area contributed by atoms with E-state index in [4.69, 9.17) is 4.74 Å². The van der Waals surface area contributed by atoms with Crippen molar-refractivity contribution < 1.29 is 14.3 Å². The Labute approximate surface area is 118 Å². The summed E-state index contributed by atoms with van der Waals surface area (Å²) in [6.45, 7) is 4.58. The van der Waals surface area contributed by atoms with E-state index in [-0.39, 0.29) is 17.9 Å². The summed E-state index contributed by atoms with van der Waals surface area (Å²) in [5.74, 6) is 1.61. The molecule has 2 rings (SSSR count). The minimum atomic E-state index is -0.257. The third-order valence-electron chi connectivity index (χ3n) is 3.55. The number of amides is 2. The zero-order valence-electron chi connectivity index (χ0n) is 11.5. The Bertz CT molecular complexity index is 332. The summed E-state index contributed by atoms with van der Waals surface area (Å²) in [5, 5.41) is 0. The lowest BCUT2D eigenvalue weighted by Crippen LogP contribution is -2.51. The first kappa shape index (κ1) is 14.7. The lowest BCUT2D eigenvalue weighted by Gasteiger charge is -2.32. The van der Waals surface area contributed by atoms with Crippen LogP contribution in [0.2, 0.25) is 0 Å². The lowest BCUT2D eigenvalue weighted by molar-refractivity contribution is -0.146. The highest BCUT2D eigenvalue weighted by molar-refractivity contribution is 7.99. The fourth-order valence-corrected chi connectivity index (χ4v) is 3.53. The molecular formula is C13H22N2O3S. The van der Waals surface area contributed by atoms with Crippen molar-refractivity contribution in [1.29, 1.82) is 0 Å². The largest absolute Gasteiger partial charge is 0.378 e. The molecule has 2 aliphatic heterocycles. The van der Waals surface area contributed by atoms with Gasteiger partial charge >= 0.3 is 0 Å². The summed E-state index contributed by atoms with van der Waals surface area (Å²) < 4.78 is 5.26. The number of carbonyl (C=O) groups is 2. The minimum absolute atomic E-state index is 0.0955. The van der Waals surface area contributed by atoms with Crippen LogP contribution in [0, 0.1) is 0 Å². The van der Waals surface area contributed by atoms with Crippen molar-refractivity contribution >= 4 is 23.6 Å². The molecule has 2 aliphatic rings. The van der Waals surface area contributed by atoms with Gasteiger partial charge in [0.1, 0.15) is 6.04 Å². The predicted molar refractivity (Wildman–Crippen MR) is 74.9 cm³/mol. The average Bonchev–Trinajstić information content (AvgIpc) is 2.94. The number of morpholine rings is 1. The van der Waals surface area contributed by atoms with E-state index in [0.29, 0.717) is 38.6 Å². The van der Waals surface area contributed by atoms with Crippen LogP contribution in [-0.4, -0.2) is 65.6 Å². The molecule has 2 amide bonds. The summed E-state index contributed by atoms with van der Waals surface area (Å²) in [5.41, 5.74) is 0. The first-order valence-electron chi connectivity index (χ1n) is 6.97. The second-order valence-electron chi connectivity index (χ2n) is 4.92. The van der Waals surface area contributed by atoms with Gasteiger partial charge in [-0.15, -0.1) is 11.8 Å². The number of hydrogen-bond donors (Lipinski definition) is 0. The van der Waals surface area contributed by atoms with Crippen LogP contribution in [0.4, 0.5) is 0 Å². The predicted octanol–water partition coefficient (Wildman–Crippen LogP) is 0.937. The van der Waals surface area contributed by atoms with E-state index in [1.807, 2.05) is 4.90 Å². The van der Waals surface area contributed by atoms with Gasteiger partial charge in [0, 0.05) is 25.3 Å². The van der Waals surface area contributed by atoms with Gasteiger partial charge in [-0.25, -0.2) is 0 Å². The number of thioether (sulfide) groups is 1. The monoisotopic (exact) mass is 286 g/mol. The van der Waals surface area contributed by atoms with E-state index < -0.39 is 0 Å². The maximum atomic E-state index is 12.5. The first-order chi connectivity index (χ1) is 9.24. The third kappa shape index (κ3) is 3.63. The summed E-state index contributed by atoms with van der Waals surface area (Å²) in [6, 6.07) is -0.257. The number of hydrogen-bond acceptors (Lipinski definition) is 4. The van der Waals surface area contributed by atoms with E-state index in [2.05, 4.69) is 6.92 Å². The second-order valence-corrected chi connectivity index (χ2v) is 5.92. The van der Waals surface area contributed by atoms with Gasteiger partial charge in [-0.1, -0.05) is 13.3 Å². The van der Waals surface area contributed by atoms with Crippen molar-refractivity contribution in [3.05, 3.63) is 0 Å². The maximum Gasteiger partial charge on any atom is 0.246 e. The van der Waals surface area contributed by atoms with Crippen molar-refractivity contribution in [2.45, 2.75) is 32.2 Å². The van der Waals surface area contributed by atoms with Crippen LogP contribution in [0.15, 0.2) is 0 Å². The molecule has 0 aromatic carbocycles. The van der Waals surface area contributed by atoms with E-state index in [9.17, 15) is 9.59 Å². The molecule has 2 heterocycles.